The average molecular weight is 310 g/mol. The summed E-state index contributed by atoms with van der Waals surface area (Å²) in [7, 11) is 0. The fourth-order valence-electron chi connectivity index (χ4n) is 2.92. The molecule has 1 aliphatic heterocycles. The second-order valence-electron chi connectivity index (χ2n) is 5.89. The molecule has 23 heavy (non-hydrogen) atoms. The van der Waals surface area contributed by atoms with Crippen LogP contribution in [0.5, 0.6) is 5.75 Å². The van der Waals surface area contributed by atoms with Crippen molar-refractivity contribution in [2.24, 2.45) is 0 Å². The van der Waals surface area contributed by atoms with Gasteiger partial charge in [-0.15, -0.1) is 0 Å². The van der Waals surface area contributed by atoms with Gasteiger partial charge >= 0.3 is 0 Å². The molecule has 4 heteroatoms. The van der Waals surface area contributed by atoms with E-state index in [-0.39, 0.29) is 5.91 Å². The lowest BCUT2D eigenvalue weighted by Crippen LogP contribution is -2.29. The number of nitrogens with zero attached hydrogens (tertiary/aromatic N) is 1. The second-order valence-corrected chi connectivity index (χ2v) is 5.89. The number of nitrogens with one attached hydrogen (secondary N) is 1. The molecule has 1 aliphatic rings. The number of hydrogen-bond donors (Lipinski definition) is 1. The first-order valence-corrected chi connectivity index (χ1v) is 7.98. The van der Waals surface area contributed by atoms with E-state index in [1.54, 1.807) is 0 Å². The molecule has 4 nitrogen and oxygen atoms in total. The Balaban J connectivity index is 1.62. The molecule has 2 aromatic rings. The number of carbonyl (C=O) groups excluding carboxylic acids is 1. The molecule has 0 aliphatic carbocycles. The number of ether oxygens (including phenoxy) is 1. The lowest BCUT2D eigenvalue weighted by atomic mass is 10.1. The maximum Gasteiger partial charge on any atom is 0.238 e. The van der Waals surface area contributed by atoms with Gasteiger partial charge in [-0.25, -0.2) is 0 Å². The quantitative estimate of drug-likeness (QED) is 0.921. The Morgan fingerprint density at radius 1 is 1.17 bits per heavy atom. The maximum atomic E-state index is 12.4. The van der Waals surface area contributed by atoms with Gasteiger partial charge in [0.1, 0.15) is 5.75 Å². The number of anilines is 1. The zero-order valence-electron chi connectivity index (χ0n) is 13.6. The minimum absolute atomic E-state index is 0.0115. The molecule has 0 unspecified atom stereocenters. The lowest BCUT2D eigenvalue weighted by molar-refractivity contribution is -0.117. The molecular formula is C19H22N2O2. The molecule has 0 aromatic heterocycles. The number of carbonyl (C=O) groups is 1. The highest BCUT2D eigenvalue weighted by atomic mass is 16.5. The predicted octanol–water partition coefficient (Wildman–Crippen LogP) is 3.35. The fraction of sp³-hybridized carbons (Fsp3) is 0.316. The predicted molar refractivity (Wildman–Crippen MR) is 91.5 cm³/mol. The first-order valence-electron chi connectivity index (χ1n) is 7.98. The Kier molecular flexibility index (Phi) is 4.63. The SMILES string of the molecule is CCOc1cc(C)ccc1NC(=O)CN1Cc2ccccc2C1. The van der Waals surface area contributed by atoms with Gasteiger partial charge in [0.05, 0.1) is 18.8 Å². The molecule has 1 amide bonds. The van der Waals surface area contributed by atoms with Crippen LogP contribution in [0.1, 0.15) is 23.6 Å². The van der Waals surface area contributed by atoms with Gasteiger partial charge < -0.3 is 10.1 Å². The molecule has 0 spiro atoms. The molecule has 0 atom stereocenters. The summed E-state index contributed by atoms with van der Waals surface area (Å²) in [6.45, 7) is 6.57. The number of aryl methyl sites for hydroxylation is 1. The first-order chi connectivity index (χ1) is 11.2. The summed E-state index contributed by atoms with van der Waals surface area (Å²) in [6.07, 6.45) is 0. The van der Waals surface area contributed by atoms with Crippen LogP contribution in [0.3, 0.4) is 0 Å². The van der Waals surface area contributed by atoms with Crippen molar-refractivity contribution in [3.8, 4) is 5.75 Å². The zero-order chi connectivity index (χ0) is 16.2. The molecule has 0 bridgehead atoms. The zero-order valence-corrected chi connectivity index (χ0v) is 13.6. The summed E-state index contributed by atoms with van der Waals surface area (Å²) in [5.74, 6) is 0.716. The van der Waals surface area contributed by atoms with E-state index in [0.29, 0.717) is 13.2 Å². The van der Waals surface area contributed by atoms with E-state index in [1.165, 1.54) is 11.1 Å². The van der Waals surface area contributed by atoms with Crippen LogP contribution in [-0.2, 0) is 17.9 Å². The van der Waals surface area contributed by atoms with Gasteiger partial charge in [0.15, 0.2) is 0 Å². The van der Waals surface area contributed by atoms with Gasteiger partial charge in [-0.1, -0.05) is 30.3 Å². The van der Waals surface area contributed by atoms with E-state index < -0.39 is 0 Å². The monoisotopic (exact) mass is 310 g/mol. The largest absolute Gasteiger partial charge is 0.492 e. The third-order valence-corrected chi connectivity index (χ3v) is 3.98. The van der Waals surface area contributed by atoms with Crippen LogP contribution in [0.25, 0.3) is 0 Å². The van der Waals surface area contributed by atoms with Crippen molar-refractivity contribution >= 4 is 11.6 Å². The van der Waals surface area contributed by atoms with E-state index in [1.807, 2.05) is 44.2 Å². The van der Waals surface area contributed by atoms with E-state index in [9.17, 15) is 4.79 Å². The van der Waals surface area contributed by atoms with Gasteiger partial charge in [-0.3, -0.25) is 9.69 Å². The van der Waals surface area contributed by atoms with Crippen LogP contribution < -0.4 is 10.1 Å². The van der Waals surface area contributed by atoms with Crippen LogP contribution in [0.2, 0.25) is 0 Å². The highest BCUT2D eigenvalue weighted by Gasteiger charge is 2.20. The van der Waals surface area contributed by atoms with Crippen molar-refractivity contribution in [1.29, 1.82) is 0 Å². The molecule has 2 aromatic carbocycles. The summed E-state index contributed by atoms with van der Waals surface area (Å²) in [5.41, 5.74) is 4.47. The number of fused-ring (bicyclic) bond motifs is 1. The van der Waals surface area contributed by atoms with Crippen LogP contribution in [-0.4, -0.2) is 24.0 Å². The number of rotatable bonds is 5. The van der Waals surface area contributed by atoms with Gasteiger partial charge in [0, 0.05) is 13.1 Å². The summed E-state index contributed by atoms with van der Waals surface area (Å²) in [5, 5.41) is 2.97. The van der Waals surface area contributed by atoms with E-state index >= 15 is 0 Å². The Bertz CT molecular complexity index is 687. The van der Waals surface area contributed by atoms with Gasteiger partial charge in [-0.2, -0.15) is 0 Å². The molecule has 0 saturated heterocycles. The number of benzene rings is 2. The van der Waals surface area contributed by atoms with Crippen molar-refractivity contribution in [3.63, 3.8) is 0 Å². The van der Waals surface area contributed by atoms with E-state index in [4.69, 9.17) is 4.74 Å². The molecule has 0 fully saturated rings. The van der Waals surface area contributed by atoms with Crippen molar-refractivity contribution in [2.75, 3.05) is 18.5 Å². The van der Waals surface area contributed by atoms with Crippen LogP contribution in [0.4, 0.5) is 5.69 Å². The van der Waals surface area contributed by atoms with Gasteiger partial charge in [0.25, 0.3) is 0 Å². The van der Waals surface area contributed by atoms with Crippen LogP contribution in [0.15, 0.2) is 42.5 Å². The van der Waals surface area contributed by atoms with E-state index in [2.05, 4.69) is 22.3 Å². The Labute approximate surface area is 137 Å². The van der Waals surface area contributed by atoms with Crippen molar-refractivity contribution in [3.05, 3.63) is 59.2 Å². The Morgan fingerprint density at radius 2 is 1.87 bits per heavy atom. The lowest BCUT2D eigenvalue weighted by Gasteiger charge is -2.16. The molecule has 120 valence electrons. The number of amides is 1. The van der Waals surface area contributed by atoms with E-state index in [0.717, 1.165) is 30.1 Å². The standard InChI is InChI=1S/C19H22N2O2/c1-3-23-18-10-14(2)8-9-17(18)20-19(22)13-21-11-15-6-4-5-7-16(15)12-21/h4-10H,3,11-13H2,1-2H3,(H,20,22). The van der Waals surface area contributed by atoms with Crippen LogP contribution >= 0.6 is 0 Å². The summed E-state index contributed by atoms with van der Waals surface area (Å²) in [6, 6.07) is 14.2. The van der Waals surface area contributed by atoms with Gasteiger partial charge in [-0.05, 0) is 42.7 Å². The summed E-state index contributed by atoms with van der Waals surface area (Å²) < 4.78 is 5.61. The maximum absolute atomic E-state index is 12.4. The molecular weight excluding hydrogens is 288 g/mol. The highest BCUT2D eigenvalue weighted by molar-refractivity contribution is 5.93. The Morgan fingerprint density at radius 3 is 2.52 bits per heavy atom. The van der Waals surface area contributed by atoms with Crippen LogP contribution in [0, 0.1) is 6.92 Å². The molecule has 0 saturated carbocycles. The average Bonchev–Trinajstić information content (AvgIpc) is 2.92. The normalized spacial score (nSPS) is 13.7. The molecule has 1 N–H and O–H groups in total. The number of hydrogen-bond acceptors (Lipinski definition) is 3. The highest BCUT2D eigenvalue weighted by Crippen LogP contribution is 2.26. The van der Waals surface area contributed by atoms with Gasteiger partial charge in [0.2, 0.25) is 5.91 Å². The Hall–Kier alpha value is -2.33. The third kappa shape index (κ3) is 3.71. The summed E-state index contributed by atoms with van der Waals surface area (Å²) >= 11 is 0. The molecule has 3 rings (SSSR count). The fourth-order valence-corrected chi connectivity index (χ4v) is 2.92. The smallest absolute Gasteiger partial charge is 0.238 e. The molecule has 0 radical (unpaired) electrons. The summed E-state index contributed by atoms with van der Waals surface area (Å²) in [4.78, 5) is 14.5. The van der Waals surface area contributed by atoms with Crippen molar-refractivity contribution in [2.45, 2.75) is 26.9 Å². The van der Waals surface area contributed by atoms with Crippen molar-refractivity contribution in [1.82, 2.24) is 4.90 Å². The van der Waals surface area contributed by atoms with Crippen molar-refractivity contribution < 1.29 is 9.53 Å². The third-order valence-electron chi connectivity index (χ3n) is 3.98. The first kappa shape index (κ1) is 15.6. The minimum Gasteiger partial charge on any atom is -0.492 e. The second kappa shape index (κ2) is 6.84. The topological polar surface area (TPSA) is 41.6 Å². The molecule has 1 heterocycles. The minimum atomic E-state index is -0.0115.